The SMILES string of the molecule is O=C(c1ccc([N+](=O)[O-])cn1)N1CCCCC1. The summed E-state index contributed by atoms with van der Waals surface area (Å²) >= 11 is 0. The third-order valence-corrected chi connectivity index (χ3v) is 2.82. The Morgan fingerprint density at radius 1 is 1.29 bits per heavy atom. The molecule has 0 saturated carbocycles. The zero-order valence-corrected chi connectivity index (χ0v) is 9.33. The summed E-state index contributed by atoms with van der Waals surface area (Å²) in [6, 6.07) is 2.72. The average molecular weight is 235 g/mol. The Bertz CT molecular complexity index is 424. The normalized spacial score (nSPS) is 15.6. The molecule has 1 aromatic heterocycles. The van der Waals surface area contributed by atoms with Gasteiger partial charge in [-0.05, 0) is 25.3 Å². The molecule has 0 radical (unpaired) electrons. The molecule has 1 amide bonds. The molecule has 1 aliphatic heterocycles. The Morgan fingerprint density at radius 2 is 2.00 bits per heavy atom. The van der Waals surface area contributed by atoms with Gasteiger partial charge in [0.2, 0.25) is 0 Å². The van der Waals surface area contributed by atoms with Crippen LogP contribution in [0.3, 0.4) is 0 Å². The van der Waals surface area contributed by atoms with Crippen molar-refractivity contribution in [2.24, 2.45) is 0 Å². The molecular weight excluding hydrogens is 222 g/mol. The van der Waals surface area contributed by atoms with Gasteiger partial charge in [0.05, 0.1) is 4.92 Å². The highest BCUT2D eigenvalue weighted by molar-refractivity contribution is 5.92. The second kappa shape index (κ2) is 4.90. The summed E-state index contributed by atoms with van der Waals surface area (Å²) < 4.78 is 0. The maximum Gasteiger partial charge on any atom is 0.287 e. The van der Waals surface area contributed by atoms with Crippen molar-refractivity contribution < 1.29 is 9.72 Å². The van der Waals surface area contributed by atoms with Gasteiger partial charge in [-0.2, -0.15) is 0 Å². The van der Waals surface area contributed by atoms with Crippen LogP contribution in [0.15, 0.2) is 18.3 Å². The average Bonchev–Trinajstić information content (AvgIpc) is 2.39. The van der Waals surface area contributed by atoms with E-state index in [2.05, 4.69) is 4.98 Å². The first-order valence-electron chi connectivity index (χ1n) is 5.58. The van der Waals surface area contributed by atoms with E-state index in [0.29, 0.717) is 0 Å². The van der Waals surface area contributed by atoms with E-state index in [1.54, 1.807) is 4.90 Å². The summed E-state index contributed by atoms with van der Waals surface area (Å²) in [4.78, 5) is 27.5. The van der Waals surface area contributed by atoms with E-state index in [0.717, 1.165) is 38.5 Å². The van der Waals surface area contributed by atoms with Gasteiger partial charge in [0.25, 0.3) is 11.6 Å². The number of nitrogens with zero attached hydrogens (tertiary/aromatic N) is 3. The lowest BCUT2D eigenvalue weighted by molar-refractivity contribution is -0.385. The van der Waals surface area contributed by atoms with Crippen LogP contribution in [0.25, 0.3) is 0 Å². The number of amides is 1. The van der Waals surface area contributed by atoms with Gasteiger partial charge in [-0.25, -0.2) is 4.98 Å². The lowest BCUT2D eigenvalue weighted by atomic mass is 10.1. The monoisotopic (exact) mass is 235 g/mol. The summed E-state index contributed by atoms with van der Waals surface area (Å²) in [6.45, 7) is 1.50. The summed E-state index contributed by atoms with van der Waals surface area (Å²) in [7, 11) is 0. The maximum absolute atomic E-state index is 12.0. The van der Waals surface area contributed by atoms with Gasteiger partial charge < -0.3 is 4.90 Å². The Hall–Kier alpha value is -1.98. The molecule has 0 N–H and O–H groups in total. The molecule has 17 heavy (non-hydrogen) atoms. The van der Waals surface area contributed by atoms with Crippen LogP contribution in [0.1, 0.15) is 29.8 Å². The lowest BCUT2D eigenvalue weighted by Gasteiger charge is -2.26. The minimum absolute atomic E-state index is 0.0970. The number of carbonyl (C=O) groups excluding carboxylic acids is 1. The van der Waals surface area contributed by atoms with E-state index >= 15 is 0 Å². The Kier molecular flexibility index (Phi) is 3.32. The third kappa shape index (κ3) is 2.58. The molecular formula is C11H13N3O3. The van der Waals surface area contributed by atoms with Crippen molar-refractivity contribution in [3.8, 4) is 0 Å². The van der Waals surface area contributed by atoms with Gasteiger partial charge in [-0.1, -0.05) is 0 Å². The number of hydrogen-bond acceptors (Lipinski definition) is 4. The molecule has 6 heteroatoms. The maximum atomic E-state index is 12.0. The molecule has 90 valence electrons. The highest BCUT2D eigenvalue weighted by Gasteiger charge is 2.19. The molecule has 2 rings (SSSR count). The quantitative estimate of drug-likeness (QED) is 0.576. The van der Waals surface area contributed by atoms with Crippen LogP contribution in [-0.4, -0.2) is 33.8 Å². The van der Waals surface area contributed by atoms with Gasteiger partial charge in [0.1, 0.15) is 11.9 Å². The topological polar surface area (TPSA) is 76.3 Å². The van der Waals surface area contributed by atoms with Gasteiger partial charge >= 0.3 is 0 Å². The lowest BCUT2D eigenvalue weighted by Crippen LogP contribution is -2.36. The zero-order valence-electron chi connectivity index (χ0n) is 9.33. The molecule has 0 aromatic carbocycles. The van der Waals surface area contributed by atoms with E-state index in [1.165, 1.54) is 12.1 Å². The number of hydrogen-bond donors (Lipinski definition) is 0. The van der Waals surface area contributed by atoms with E-state index in [9.17, 15) is 14.9 Å². The third-order valence-electron chi connectivity index (χ3n) is 2.82. The van der Waals surface area contributed by atoms with Crippen LogP contribution in [-0.2, 0) is 0 Å². The number of rotatable bonds is 2. The van der Waals surface area contributed by atoms with Gasteiger partial charge in [-0.15, -0.1) is 0 Å². The van der Waals surface area contributed by atoms with Crippen LogP contribution in [0.4, 0.5) is 5.69 Å². The second-order valence-corrected chi connectivity index (χ2v) is 4.01. The van der Waals surface area contributed by atoms with E-state index in [4.69, 9.17) is 0 Å². The fourth-order valence-electron chi connectivity index (χ4n) is 1.88. The van der Waals surface area contributed by atoms with Crippen LogP contribution >= 0.6 is 0 Å². The smallest absolute Gasteiger partial charge is 0.287 e. The first kappa shape index (κ1) is 11.5. The van der Waals surface area contributed by atoms with Crippen molar-refractivity contribution >= 4 is 11.6 Å². The highest BCUT2D eigenvalue weighted by Crippen LogP contribution is 2.14. The Labute approximate surface area is 98.4 Å². The Balaban J connectivity index is 2.10. The first-order valence-corrected chi connectivity index (χ1v) is 5.58. The molecule has 1 aromatic rings. The second-order valence-electron chi connectivity index (χ2n) is 4.01. The van der Waals surface area contributed by atoms with Crippen LogP contribution in [0.5, 0.6) is 0 Å². The van der Waals surface area contributed by atoms with Gasteiger partial charge in [-0.3, -0.25) is 14.9 Å². The van der Waals surface area contributed by atoms with Crippen molar-refractivity contribution in [1.82, 2.24) is 9.88 Å². The molecule has 6 nitrogen and oxygen atoms in total. The van der Waals surface area contributed by atoms with Crippen molar-refractivity contribution in [3.05, 3.63) is 34.1 Å². The number of nitro groups is 1. The highest BCUT2D eigenvalue weighted by atomic mass is 16.6. The molecule has 0 spiro atoms. The molecule has 1 saturated heterocycles. The minimum atomic E-state index is -0.526. The standard InChI is InChI=1S/C11H13N3O3/c15-11(13-6-2-1-3-7-13)10-5-4-9(8-12-10)14(16)17/h4-5,8H,1-3,6-7H2. The summed E-state index contributed by atoms with van der Waals surface area (Å²) in [6.07, 6.45) is 4.30. The zero-order chi connectivity index (χ0) is 12.3. The molecule has 2 heterocycles. The number of piperidine rings is 1. The fraction of sp³-hybridized carbons (Fsp3) is 0.455. The van der Waals surface area contributed by atoms with E-state index in [1.807, 2.05) is 0 Å². The number of pyridine rings is 1. The summed E-state index contributed by atoms with van der Waals surface area (Å²) in [5, 5.41) is 10.5. The first-order chi connectivity index (χ1) is 8.18. The van der Waals surface area contributed by atoms with Crippen molar-refractivity contribution in [3.63, 3.8) is 0 Å². The molecule has 0 atom stereocenters. The van der Waals surface area contributed by atoms with Crippen LogP contribution in [0, 0.1) is 10.1 Å². The molecule has 0 bridgehead atoms. The van der Waals surface area contributed by atoms with E-state index < -0.39 is 4.92 Å². The summed E-state index contributed by atoms with van der Waals surface area (Å²) in [5.74, 6) is -0.139. The molecule has 1 fully saturated rings. The minimum Gasteiger partial charge on any atom is -0.337 e. The van der Waals surface area contributed by atoms with Crippen LogP contribution in [0.2, 0.25) is 0 Å². The molecule has 1 aliphatic rings. The summed E-state index contributed by atoms with van der Waals surface area (Å²) in [5.41, 5.74) is 0.178. The van der Waals surface area contributed by atoms with Crippen molar-refractivity contribution in [2.45, 2.75) is 19.3 Å². The number of likely N-dealkylation sites (tertiary alicyclic amines) is 1. The van der Waals surface area contributed by atoms with Gasteiger partial charge in [0, 0.05) is 19.2 Å². The predicted octanol–water partition coefficient (Wildman–Crippen LogP) is 1.62. The number of aromatic nitrogens is 1. The Morgan fingerprint density at radius 3 is 2.53 bits per heavy atom. The van der Waals surface area contributed by atoms with E-state index in [-0.39, 0.29) is 17.3 Å². The fourth-order valence-corrected chi connectivity index (χ4v) is 1.88. The predicted molar refractivity (Wildman–Crippen MR) is 60.6 cm³/mol. The molecule has 0 aliphatic carbocycles. The number of carbonyl (C=O) groups is 1. The van der Waals surface area contributed by atoms with Gasteiger partial charge in [0.15, 0.2) is 0 Å². The van der Waals surface area contributed by atoms with Crippen LogP contribution < -0.4 is 0 Å². The van der Waals surface area contributed by atoms with Crippen molar-refractivity contribution in [1.29, 1.82) is 0 Å². The van der Waals surface area contributed by atoms with Crippen molar-refractivity contribution in [2.75, 3.05) is 13.1 Å². The molecule has 0 unspecified atom stereocenters. The largest absolute Gasteiger partial charge is 0.337 e.